The summed E-state index contributed by atoms with van der Waals surface area (Å²) < 4.78 is 28.2. The molecule has 1 fully saturated rings. The van der Waals surface area contributed by atoms with Crippen LogP contribution in [0.3, 0.4) is 0 Å². The molecule has 35 heavy (non-hydrogen) atoms. The van der Waals surface area contributed by atoms with E-state index in [9.17, 15) is 13.9 Å². The van der Waals surface area contributed by atoms with Crippen LogP contribution in [-0.4, -0.2) is 29.2 Å². The van der Waals surface area contributed by atoms with E-state index in [2.05, 4.69) is 14.7 Å². The van der Waals surface area contributed by atoms with Crippen molar-refractivity contribution in [1.29, 1.82) is 0 Å². The Morgan fingerprint density at radius 3 is 2.37 bits per heavy atom. The third-order valence-electron chi connectivity index (χ3n) is 6.32. The Morgan fingerprint density at radius 1 is 0.971 bits per heavy atom. The molecule has 4 aromatic rings. The average molecular weight is 473 g/mol. The van der Waals surface area contributed by atoms with E-state index in [0.29, 0.717) is 29.8 Å². The van der Waals surface area contributed by atoms with Crippen LogP contribution in [0.15, 0.2) is 60.8 Å². The van der Waals surface area contributed by atoms with Gasteiger partial charge in [0, 0.05) is 47.9 Å². The Labute approximate surface area is 203 Å². The minimum absolute atomic E-state index is 0. The van der Waals surface area contributed by atoms with Crippen LogP contribution in [0.2, 0.25) is 0 Å². The zero-order valence-corrected chi connectivity index (χ0v) is 18.3. The highest BCUT2D eigenvalue weighted by molar-refractivity contribution is 6.02. The molecule has 1 saturated heterocycles. The number of piperidine rings is 1. The van der Waals surface area contributed by atoms with Crippen molar-refractivity contribution in [3.05, 3.63) is 83.8 Å². The van der Waals surface area contributed by atoms with Crippen molar-refractivity contribution in [1.82, 2.24) is 4.98 Å². The largest absolute Gasteiger partial charge is 0.518 e. The fraction of sp³-hybridized carbons (Fsp3) is 0.214. The molecular formula is C28H26F2N4O. The summed E-state index contributed by atoms with van der Waals surface area (Å²) >= 11 is 0. The van der Waals surface area contributed by atoms with Gasteiger partial charge < -0.3 is 15.7 Å². The summed E-state index contributed by atoms with van der Waals surface area (Å²) in [7, 11) is 0. The number of hydrogen-bond donors (Lipinski definition) is 2. The van der Waals surface area contributed by atoms with Crippen molar-refractivity contribution >= 4 is 22.3 Å². The Morgan fingerprint density at radius 2 is 1.69 bits per heavy atom. The van der Waals surface area contributed by atoms with Crippen molar-refractivity contribution < 1.29 is 13.9 Å². The molecule has 1 aromatic heterocycles. The fourth-order valence-corrected chi connectivity index (χ4v) is 4.58. The summed E-state index contributed by atoms with van der Waals surface area (Å²) in [4.78, 5) is 10.1. The smallest absolute Gasteiger partial charge is 0.228 e. The van der Waals surface area contributed by atoms with Gasteiger partial charge in [-0.2, -0.15) is 0 Å². The van der Waals surface area contributed by atoms with E-state index in [0.717, 1.165) is 41.1 Å². The average Bonchev–Trinajstić information content (AvgIpc) is 2.83. The van der Waals surface area contributed by atoms with Crippen LogP contribution in [0.4, 0.5) is 20.2 Å². The number of pyridine rings is 1. The Hall–Kier alpha value is -4.02. The molecule has 0 bridgehead atoms. The number of fused-ring (bicyclic) bond motifs is 1. The lowest BCUT2D eigenvalue weighted by atomic mass is 9.95. The number of aromatic nitrogens is 1. The van der Waals surface area contributed by atoms with Crippen LogP contribution >= 0.6 is 0 Å². The number of para-hydroxylation sites is 1. The first-order valence-corrected chi connectivity index (χ1v) is 11.0. The topological polar surface area (TPSA) is 66.7 Å². The predicted molar refractivity (Wildman–Crippen MR) is 137 cm³/mol. The first-order valence-electron chi connectivity index (χ1n) is 11.0. The number of phenolic OH excluding ortho intramolecular Hbond substituents is 1. The second-order valence-electron chi connectivity index (χ2n) is 8.52. The second kappa shape index (κ2) is 9.69. The van der Waals surface area contributed by atoms with Crippen LogP contribution in [0.25, 0.3) is 38.0 Å². The zero-order valence-electron chi connectivity index (χ0n) is 18.3. The normalized spacial score (nSPS) is 13.9. The lowest BCUT2D eigenvalue weighted by Crippen LogP contribution is -2.40. The second-order valence-corrected chi connectivity index (χ2v) is 8.52. The summed E-state index contributed by atoms with van der Waals surface area (Å²) in [5.74, 6) is -1.40. The molecule has 3 N–H and O–H groups in total. The molecule has 3 aromatic carbocycles. The molecule has 5 rings (SSSR count). The van der Waals surface area contributed by atoms with Crippen LogP contribution in [0.1, 0.15) is 20.3 Å². The Bertz CT molecular complexity index is 1420. The zero-order chi connectivity index (χ0) is 23.8. The maximum absolute atomic E-state index is 14.1. The SMILES string of the molecule is C.[C-]#[N+]c1cccc(-c2ccc3ncc(-c4cc(F)cc(F)c4)c(N4CCC(N)CC4)c3c2)c1O. The number of phenols is 1. The van der Waals surface area contributed by atoms with Gasteiger partial charge in [-0.1, -0.05) is 31.7 Å². The van der Waals surface area contributed by atoms with E-state index in [1.54, 1.807) is 24.4 Å². The standard InChI is InChI=1S/C27H22F2N4O.CH4/c1-31-25-4-2-3-21(27(25)34)16-5-6-24-22(13-16)26(33-9-7-20(30)8-10-33)23(15-32-24)17-11-18(28)14-19(29)12-17;/h2-6,11-15,20,34H,7-10,30H2;1H4. The molecule has 0 saturated carbocycles. The fourth-order valence-electron chi connectivity index (χ4n) is 4.58. The first-order chi connectivity index (χ1) is 16.4. The van der Waals surface area contributed by atoms with Gasteiger partial charge in [-0.25, -0.2) is 13.6 Å². The molecule has 5 nitrogen and oxygen atoms in total. The van der Waals surface area contributed by atoms with Crippen molar-refractivity contribution in [2.45, 2.75) is 26.3 Å². The van der Waals surface area contributed by atoms with Gasteiger partial charge in [-0.3, -0.25) is 4.98 Å². The molecule has 1 aliphatic rings. The van der Waals surface area contributed by atoms with E-state index >= 15 is 0 Å². The highest BCUT2D eigenvalue weighted by Gasteiger charge is 2.23. The number of rotatable bonds is 3. The van der Waals surface area contributed by atoms with Crippen LogP contribution in [-0.2, 0) is 0 Å². The highest BCUT2D eigenvalue weighted by atomic mass is 19.1. The van der Waals surface area contributed by atoms with Gasteiger partial charge in [0.1, 0.15) is 17.4 Å². The van der Waals surface area contributed by atoms with E-state index in [-0.39, 0.29) is 24.9 Å². The monoisotopic (exact) mass is 472 g/mol. The number of nitrogens with zero attached hydrogens (tertiary/aromatic N) is 3. The van der Waals surface area contributed by atoms with Gasteiger partial charge >= 0.3 is 0 Å². The van der Waals surface area contributed by atoms with E-state index in [1.165, 1.54) is 12.1 Å². The minimum atomic E-state index is -0.656. The van der Waals surface area contributed by atoms with Gasteiger partial charge in [-0.05, 0) is 48.2 Å². The van der Waals surface area contributed by atoms with Crippen molar-refractivity contribution in [2.24, 2.45) is 5.73 Å². The summed E-state index contributed by atoms with van der Waals surface area (Å²) in [6.45, 7) is 8.70. The molecule has 7 heteroatoms. The number of hydrogen-bond acceptors (Lipinski definition) is 4. The molecule has 0 spiro atoms. The Kier molecular flexibility index (Phi) is 6.68. The maximum atomic E-state index is 14.1. The van der Waals surface area contributed by atoms with Gasteiger partial charge in [0.15, 0.2) is 0 Å². The minimum Gasteiger partial charge on any atom is -0.518 e. The third-order valence-corrected chi connectivity index (χ3v) is 6.32. The summed E-state index contributed by atoms with van der Waals surface area (Å²) in [6.07, 6.45) is 3.25. The van der Waals surface area contributed by atoms with Gasteiger partial charge in [0.05, 0.1) is 17.8 Å². The van der Waals surface area contributed by atoms with E-state index < -0.39 is 11.6 Å². The van der Waals surface area contributed by atoms with Crippen molar-refractivity contribution in [3.63, 3.8) is 0 Å². The molecule has 0 amide bonds. The highest BCUT2D eigenvalue weighted by Crippen LogP contribution is 2.42. The molecule has 1 aliphatic heterocycles. The first kappa shape index (κ1) is 24.1. The van der Waals surface area contributed by atoms with Crippen LogP contribution < -0.4 is 10.6 Å². The summed E-state index contributed by atoms with van der Waals surface area (Å²) in [6, 6.07) is 14.2. The molecular weight excluding hydrogens is 446 g/mol. The number of nitrogens with two attached hydrogens (primary N) is 1. The number of halogens is 2. The third kappa shape index (κ3) is 4.53. The van der Waals surface area contributed by atoms with Gasteiger partial charge in [-0.15, -0.1) is 0 Å². The quantitative estimate of drug-likeness (QED) is 0.327. The number of aromatic hydroxyl groups is 1. The lowest BCUT2D eigenvalue weighted by Gasteiger charge is -2.34. The molecule has 0 aliphatic carbocycles. The van der Waals surface area contributed by atoms with Crippen molar-refractivity contribution in [3.8, 4) is 28.0 Å². The number of anilines is 1. The molecule has 0 unspecified atom stereocenters. The lowest BCUT2D eigenvalue weighted by molar-refractivity contribution is 0.480. The maximum Gasteiger partial charge on any atom is 0.228 e. The Balaban J connectivity index is 0.00000289. The summed E-state index contributed by atoms with van der Waals surface area (Å²) in [5, 5.41) is 11.4. The van der Waals surface area contributed by atoms with Crippen LogP contribution in [0.5, 0.6) is 5.75 Å². The van der Waals surface area contributed by atoms with Crippen molar-refractivity contribution in [2.75, 3.05) is 18.0 Å². The summed E-state index contributed by atoms with van der Waals surface area (Å²) in [5.41, 5.74) is 10.1. The molecule has 0 atom stereocenters. The van der Waals surface area contributed by atoms with Gasteiger partial charge in [0.25, 0.3) is 0 Å². The molecule has 178 valence electrons. The van der Waals surface area contributed by atoms with Gasteiger partial charge in [0.2, 0.25) is 5.69 Å². The number of benzene rings is 3. The van der Waals surface area contributed by atoms with E-state index in [1.807, 2.05) is 18.2 Å². The van der Waals surface area contributed by atoms with Crippen LogP contribution in [0, 0.1) is 18.2 Å². The molecule has 2 heterocycles. The van der Waals surface area contributed by atoms with E-state index in [4.69, 9.17) is 12.3 Å². The molecule has 0 radical (unpaired) electrons. The predicted octanol–water partition coefficient (Wildman–Crippen LogP) is 6.67.